The first-order valence-corrected chi connectivity index (χ1v) is 5.75. The summed E-state index contributed by atoms with van der Waals surface area (Å²) in [4.78, 5) is 0. The van der Waals surface area contributed by atoms with Crippen LogP contribution in [-0.2, 0) is 0 Å². The lowest BCUT2D eigenvalue weighted by molar-refractivity contribution is 0.661. The lowest BCUT2D eigenvalue weighted by Gasteiger charge is -2.15. The number of tetrazole rings is 1. The molecule has 7 heteroatoms. The minimum Gasteiger partial charge on any atom is -0.366 e. The minimum atomic E-state index is 0.332. The molecule has 6 nitrogen and oxygen atoms in total. The van der Waals surface area contributed by atoms with Crippen molar-refractivity contribution in [1.29, 1.82) is 0 Å². The maximum Gasteiger partial charge on any atom is 0.200 e. The maximum atomic E-state index is 5.72. The van der Waals surface area contributed by atoms with Crippen molar-refractivity contribution in [3.63, 3.8) is 0 Å². The normalized spacial score (nSPS) is 12.9. The Morgan fingerprint density at radius 2 is 2.38 bits per heavy atom. The van der Waals surface area contributed by atoms with E-state index >= 15 is 0 Å². The van der Waals surface area contributed by atoms with Crippen LogP contribution in [0.3, 0.4) is 0 Å². The van der Waals surface area contributed by atoms with Crippen LogP contribution in [0.15, 0.2) is 12.1 Å². The number of aromatic nitrogens is 5. The molecule has 0 radical (unpaired) electrons. The average molecular weight is 241 g/mol. The van der Waals surface area contributed by atoms with Gasteiger partial charge in [0, 0.05) is 11.9 Å². The number of halogens is 1. The summed E-state index contributed by atoms with van der Waals surface area (Å²) in [5, 5.41) is 18.6. The van der Waals surface area contributed by atoms with Gasteiger partial charge in [0.15, 0.2) is 5.65 Å². The fourth-order valence-corrected chi connectivity index (χ4v) is 1.71. The lowest BCUT2D eigenvalue weighted by Crippen LogP contribution is -2.20. The van der Waals surface area contributed by atoms with Crippen molar-refractivity contribution in [3.8, 4) is 0 Å². The van der Waals surface area contributed by atoms with Gasteiger partial charge in [0.2, 0.25) is 0 Å². The van der Waals surface area contributed by atoms with Crippen LogP contribution in [0.25, 0.3) is 5.65 Å². The van der Waals surface area contributed by atoms with E-state index in [1.807, 2.05) is 12.1 Å². The Morgan fingerprint density at radius 3 is 3.12 bits per heavy atom. The van der Waals surface area contributed by atoms with Crippen molar-refractivity contribution in [3.05, 3.63) is 12.1 Å². The molecule has 0 bridgehead atoms. The van der Waals surface area contributed by atoms with E-state index in [0.717, 1.165) is 18.7 Å². The second-order valence-electron chi connectivity index (χ2n) is 3.47. The van der Waals surface area contributed by atoms with Gasteiger partial charge in [-0.3, -0.25) is 0 Å². The molecule has 0 amide bonds. The first-order chi connectivity index (χ1) is 7.83. The minimum absolute atomic E-state index is 0.332. The third-order valence-electron chi connectivity index (χ3n) is 2.37. The molecule has 0 saturated heterocycles. The first kappa shape index (κ1) is 11.1. The Kier molecular flexibility index (Phi) is 3.51. The summed E-state index contributed by atoms with van der Waals surface area (Å²) in [5.74, 6) is 1.40. The van der Waals surface area contributed by atoms with Crippen LogP contribution in [0.2, 0.25) is 0 Å². The lowest BCUT2D eigenvalue weighted by atomic mass is 10.2. The smallest absolute Gasteiger partial charge is 0.200 e. The van der Waals surface area contributed by atoms with Gasteiger partial charge < -0.3 is 5.32 Å². The predicted molar refractivity (Wildman–Crippen MR) is 61.6 cm³/mol. The molecule has 2 heterocycles. The molecular formula is C9H13ClN6. The Morgan fingerprint density at radius 1 is 1.50 bits per heavy atom. The highest BCUT2D eigenvalue weighted by Crippen LogP contribution is 2.09. The number of rotatable bonds is 5. The van der Waals surface area contributed by atoms with Crippen LogP contribution in [0.5, 0.6) is 0 Å². The third-order valence-corrected chi connectivity index (χ3v) is 2.59. The summed E-state index contributed by atoms with van der Waals surface area (Å²) in [5.41, 5.74) is 0.635. The Bertz CT molecular complexity index is 456. The van der Waals surface area contributed by atoms with Gasteiger partial charge in [-0.1, -0.05) is 6.92 Å². The Balaban J connectivity index is 2.13. The first-order valence-electron chi connectivity index (χ1n) is 5.21. The summed E-state index contributed by atoms with van der Waals surface area (Å²) in [6.45, 7) is 2.11. The topological polar surface area (TPSA) is 68.0 Å². The average Bonchev–Trinajstić information content (AvgIpc) is 2.75. The van der Waals surface area contributed by atoms with E-state index < -0.39 is 0 Å². The summed E-state index contributed by atoms with van der Waals surface area (Å²) < 4.78 is 1.40. The SMILES string of the molecule is CCC(CCCl)Nc1ccc2nnnn2n1. The zero-order valence-corrected chi connectivity index (χ0v) is 9.72. The van der Waals surface area contributed by atoms with Gasteiger partial charge in [-0.2, -0.15) is 0 Å². The van der Waals surface area contributed by atoms with E-state index in [9.17, 15) is 0 Å². The molecule has 0 fully saturated rings. The van der Waals surface area contributed by atoms with Gasteiger partial charge >= 0.3 is 0 Å². The highest BCUT2D eigenvalue weighted by Gasteiger charge is 2.07. The molecule has 86 valence electrons. The second kappa shape index (κ2) is 5.07. The molecule has 0 aromatic carbocycles. The van der Waals surface area contributed by atoms with Crippen molar-refractivity contribution in [2.75, 3.05) is 11.2 Å². The number of alkyl halides is 1. The van der Waals surface area contributed by atoms with E-state index in [-0.39, 0.29) is 0 Å². The molecule has 0 spiro atoms. The molecule has 0 aliphatic carbocycles. The van der Waals surface area contributed by atoms with E-state index in [0.29, 0.717) is 17.6 Å². The highest BCUT2D eigenvalue weighted by atomic mass is 35.5. The number of nitrogens with zero attached hydrogens (tertiary/aromatic N) is 5. The largest absolute Gasteiger partial charge is 0.366 e. The van der Waals surface area contributed by atoms with Crippen LogP contribution < -0.4 is 5.32 Å². The van der Waals surface area contributed by atoms with Crippen molar-refractivity contribution in [2.24, 2.45) is 0 Å². The molecular weight excluding hydrogens is 228 g/mol. The van der Waals surface area contributed by atoms with Crippen LogP contribution >= 0.6 is 11.6 Å². The Labute approximate surface area is 98.0 Å². The fraction of sp³-hybridized carbons (Fsp3) is 0.556. The van der Waals surface area contributed by atoms with Crippen molar-refractivity contribution < 1.29 is 0 Å². The van der Waals surface area contributed by atoms with Gasteiger partial charge in [-0.05, 0) is 35.4 Å². The number of nitrogens with one attached hydrogen (secondary N) is 1. The molecule has 1 atom stereocenters. The quantitative estimate of drug-likeness (QED) is 0.799. The molecule has 1 N–H and O–H groups in total. The standard InChI is InChI=1S/C9H13ClN6/c1-2-7(5-6-10)11-8-3-4-9-12-14-15-16(9)13-8/h3-4,7H,2,5-6H2,1H3,(H,11,13). The molecule has 16 heavy (non-hydrogen) atoms. The number of fused-ring (bicyclic) bond motifs is 1. The monoisotopic (exact) mass is 240 g/mol. The summed E-state index contributed by atoms with van der Waals surface area (Å²) in [7, 11) is 0. The zero-order chi connectivity index (χ0) is 11.4. The van der Waals surface area contributed by atoms with Crippen LogP contribution in [0.4, 0.5) is 5.82 Å². The molecule has 2 aromatic heterocycles. The van der Waals surface area contributed by atoms with Gasteiger partial charge in [0.25, 0.3) is 0 Å². The van der Waals surface area contributed by atoms with Gasteiger partial charge in [0.1, 0.15) is 5.82 Å². The molecule has 0 saturated carbocycles. The Hall–Kier alpha value is -1.43. The van der Waals surface area contributed by atoms with E-state index in [4.69, 9.17) is 11.6 Å². The number of hydrogen-bond acceptors (Lipinski definition) is 5. The highest BCUT2D eigenvalue weighted by molar-refractivity contribution is 6.17. The summed E-state index contributed by atoms with van der Waals surface area (Å²) in [6.07, 6.45) is 1.91. The number of anilines is 1. The molecule has 1 unspecified atom stereocenters. The fourth-order valence-electron chi connectivity index (χ4n) is 1.45. The molecule has 2 aromatic rings. The van der Waals surface area contributed by atoms with Crippen molar-refractivity contribution in [1.82, 2.24) is 25.3 Å². The van der Waals surface area contributed by atoms with Gasteiger partial charge in [-0.25, -0.2) is 0 Å². The third kappa shape index (κ3) is 2.38. The van der Waals surface area contributed by atoms with E-state index in [2.05, 4.69) is 32.9 Å². The van der Waals surface area contributed by atoms with Crippen LogP contribution in [0.1, 0.15) is 19.8 Å². The van der Waals surface area contributed by atoms with Crippen molar-refractivity contribution >= 4 is 23.1 Å². The predicted octanol–water partition coefficient (Wildman–Crippen LogP) is 1.34. The van der Waals surface area contributed by atoms with Gasteiger partial charge in [0.05, 0.1) is 0 Å². The molecule has 0 aliphatic rings. The van der Waals surface area contributed by atoms with Crippen LogP contribution in [0, 0.1) is 0 Å². The van der Waals surface area contributed by atoms with E-state index in [1.54, 1.807) is 0 Å². The van der Waals surface area contributed by atoms with Gasteiger partial charge in [-0.15, -0.1) is 26.4 Å². The molecule has 2 rings (SSSR count). The second-order valence-corrected chi connectivity index (χ2v) is 3.85. The maximum absolute atomic E-state index is 5.72. The summed E-state index contributed by atoms with van der Waals surface area (Å²) in [6, 6.07) is 4.02. The molecule has 0 aliphatic heterocycles. The van der Waals surface area contributed by atoms with Crippen molar-refractivity contribution in [2.45, 2.75) is 25.8 Å². The number of hydrogen-bond donors (Lipinski definition) is 1. The van der Waals surface area contributed by atoms with E-state index in [1.165, 1.54) is 4.63 Å². The van der Waals surface area contributed by atoms with Crippen LogP contribution in [-0.4, -0.2) is 37.2 Å². The summed E-state index contributed by atoms with van der Waals surface area (Å²) >= 11 is 5.72. The zero-order valence-electron chi connectivity index (χ0n) is 8.97.